The fraction of sp³-hybridized carbons (Fsp3) is 0.846. The van der Waals surface area contributed by atoms with Gasteiger partial charge < -0.3 is 23.7 Å². The molecule has 12 heteroatoms. The zero-order valence-corrected chi connectivity index (χ0v) is 24.6. The Hall–Kier alpha value is -2.85. The summed E-state index contributed by atoms with van der Waals surface area (Å²) in [5.41, 5.74) is 5.44. The lowest BCUT2D eigenvalue weighted by Crippen LogP contribution is -2.63. The van der Waals surface area contributed by atoms with Crippen molar-refractivity contribution in [1.82, 2.24) is 0 Å². The molecule has 0 aliphatic carbocycles. The minimum Gasteiger partial charge on any atom is -0.462 e. The topological polar surface area (TPSA) is 163 Å². The summed E-state index contributed by atoms with van der Waals surface area (Å²) in [7, 11) is 0. The van der Waals surface area contributed by atoms with Crippen LogP contribution in [0, 0.1) is 21.7 Å². The highest BCUT2D eigenvalue weighted by molar-refractivity contribution is 5.78. The van der Waals surface area contributed by atoms with Gasteiger partial charge in [-0.1, -0.05) is 5.11 Å². The lowest BCUT2D eigenvalue weighted by atomic mass is 9.92. The van der Waals surface area contributed by atoms with Crippen LogP contribution in [0.2, 0.25) is 0 Å². The molecule has 0 aromatic heterocycles. The van der Waals surface area contributed by atoms with Gasteiger partial charge in [-0.15, -0.1) is 0 Å². The Bertz CT molecular complexity index is 945. The van der Waals surface area contributed by atoms with Crippen molar-refractivity contribution < 1.29 is 42.9 Å². The van der Waals surface area contributed by atoms with Crippen LogP contribution in [0.4, 0.5) is 0 Å². The number of ether oxygens (including phenoxy) is 5. The Labute approximate surface area is 224 Å². The molecule has 12 nitrogen and oxygen atoms in total. The molecule has 1 heterocycles. The molecule has 0 amide bonds. The number of azide groups is 1. The summed E-state index contributed by atoms with van der Waals surface area (Å²) >= 11 is 0. The average Bonchev–Trinajstić information content (AvgIpc) is 2.73. The van der Waals surface area contributed by atoms with Crippen LogP contribution < -0.4 is 0 Å². The second-order valence-corrected chi connectivity index (χ2v) is 13.5. The first-order valence-electron chi connectivity index (χ1n) is 12.5. The molecule has 0 aromatic carbocycles. The number of hydrogen-bond donors (Lipinski definition) is 0. The maximum atomic E-state index is 13.0. The molecule has 1 rings (SSSR count). The molecule has 5 atom stereocenters. The Morgan fingerprint density at radius 1 is 0.658 bits per heavy atom. The zero-order valence-electron chi connectivity index (χ0n) is 24.6. The summed E-state index contributed by atoms with van der Waals surface area (Å²) in [6, 6.07) is 0. The van der Waals surface area contributed by atoms with Crippen LogP contribution in [0.5, 0.6) is 0 Å². The van der Waals surface area contributed by atoms with Gasteiger partial charge in [0.15, 0.2) is 24.5 Å². The number of nitrogens with zero attached hydrogens (tertiary/aromatic N) is 3. The fourth-order valence-electron chi connectivity index (χ4n) is 2.85. The van der Waals surface area contributed by atoms with E-state index in [1.165, 1.54) is 0 Å². The van der Waals surface area contributed by atoms with Crippen LogP contribution in [-0.2, 0) is 42.9 Å². The largest absolute Gasteiger partial charge is 0.462 e. The lowest BCUT2D eigenvalue weighted by molar-refractivity contribution is -0.259. The standard InChI is InChI=1S/C26H43N3O9/c1-23(2,3)19(30)34-13-14-15(36-20(31)24(4,5)6)16(37-21(32)25(7,8)9)17(18(35-14)28-29-27)38-22(33)26(10,11)12/h14-18H,13H2,1-12H3/t14-,15-,16-,17-,18+/m0/s1. The number of carbonyl (C=O) groups is 4. The van der Waals surface area contributed by atoms with Gasteiger partial charge >= 0.3 is 23.9 Å². The second-order valence-electron chi connectivity index (χ2n) is 13.5. The predicted molar refractivity (Wildman–Crippen MR) is 136 cm³/mol. The van der Waals surface area contributed by atoms with Gasteiger partial charge in [-0.3, -0.25) is 19.2 Å². The molecule has 0 unspecified atom stereocenters. The summed E-state index contributed by atoms with van der Waals surface area (Å²) < 4.78 is 28.6. The first-order chi connectivity index (χ1) is 17.0. The van der Waals surface area contributed by atoms with Gasteiger partial charge in [0.25, 0.3) is 0 Å². The average molecular weight is 542 g/mol. The number of carbonyl (C=O) groups excluding carboxylic acids is 4. The van der Waals surface area contributed by atoms with E-state index in [0.29, 0.717) is 0 Å². The molecular weight excluding hydrogens is 498 g/mol. The third-order valence-electron chi connectivity index (χ3n) is 5.33. The highest BCUT2D eigenvalue weighted by atomic mass is 16.7. The monoisotopic (exact) mass is 541 g/mol. The fourth-order valence-corrected chi connectivity index (χ4v) is 2.85. The molecule has 1 fully saturated rings. The van der Waals surface area contributed by atoms with Crippen molar-refractivity contribution in [1.29, 1.82) is 0 Å². The van der Waals surface area contributed by atoms with Gasteiger partial charge in [0.1, 0.15) is 12.7 Å². The molecule has 0 saturated carbocycles. The molecule has 0 radical (unpaired) electrons. The minimum atomic E-state index is -1.48. The van der Waals surface area contributed by atoms with Crippen molar-refractivity contribution in [3.05, 3.63) is 10.4 Å². The first kappa shape index (κ1) is 33.2. The third-order valence-corrected chi connectivity index (χ3v) is 5.33. The third kappa shape index (κ3) is 9.16. The molecule has 0 bridgehead atoms. The maximum absolute atomic E-state index is 13.0. The van der Waals surface area contributed by atoms with Gasteiger partial charge in [-0.2, -0.15) is 0 Å². The summed E-state index contributed by atoms with van der Waals surface area (Å²) in [5.74, 6) is -2.62. The molecule has 38 heavy (non-hydrogen) atoms. The molecule has 1 aliphatic heterocycles. The molecular formula is C26H43N3O9. The van der Waals surface area contributed by atoms with Crippen molar-refractivity contribution in [2.45, 2.75) is 114 Å². The highest BCUT2D eigenvalue weighted by Gasteiger charge is 2.54. The highest BCUT2D eigenvalue weighted by Crippen LogP contribution is 2.34. The molecule has 1 saturated heterocycles. The summed E-state index contributed by atoms with van der Waals surface area (Å²) in [6.07, 6.45) is -6.97. The molecule has 0 aromatic rings. The van der Waals surface area contributed by atoms with E-state index in [1.54, 1.807) is 83.1 Å². The van der Waals surface area contributed by atoms with Gasteiger partial charge in [-0.05, 0) is 88.6 Å². The van der Waals surface area contributed by atoms with Crippen molar-refractivity contribution in [2.75, 3.05) is 6.61 Å². The van der Waals surface area contributed by atoms with Crippen LogP contribution in [-0.4, -0.2) is 61.1 Å². The van der Waals surface area contributed by atoms with Gasteiger partial charge in [-0.25, -0.2) is 0 Å². The second kappa shape index (κ2) is 11.9. The van der Waals surface area contributed by atoms with Gasteiger partial charge in [0.05, 0.1) is 21.7 Å². The Morgan fingerprint density at radius 3 is 1.39 bits per heavy atom. The molecule has 1 aliphatic rings. The van der Waals surface area contributed by atoms with E-state index in [4.69, 9.17) is 23.7 Å². The predicted octanol–water partition coefficient (Wildman–Crippen LogP) is 4.48. The van der Waals surface area contributed by atoms with Crippen molar-refractivity contribution in [2.24, 2.45) is 26.8 Å². The van der Waals surface area contributed by atoms with Crippen molar-refractivity contribution in [3.8, 4) is 0 Å². The van der Waals surface area contributed by atoms with Crippen LogP contribution >= 0.6 is 0 Å². The lowest BCUT2D eigenvalue weighted by Gasteiger charge is -2.45. The SMILES string of the molecule is CC(C)(C)C(=O)OC[C@@H]1O[C@@H](N=[N+]=[N-])[C@@H](OC(=O)C(C)(C)C)[C@@H](OC(=O)C(C)(C)C)[C@H]1OC(=O)C(C)(C)C. The van der Waals surface area contributed by atoms with Crippen LogP contribution in [0.15, 0.2) is 5.11 Å². The van der Waals surface area contributed by atoms with E-state index >= 15 is 0 Å². The van der Waals surface area contributed by atoms with Gasteiger partial charge in [0, 0.05) is 4.91 Å². The molecule has 0 spiro atoms. The summed E-state index contributed by atoms with van der Waals surface area (Å²) in [4.78, 5) is 54.2. The Morgan fingerprint density at radius 2 is 1.03 bits per heavy atom. The van der Waals surface area contributed by atoms with Crippen molar-refractivity contribution >= 4 is 23.9 Å². The quantitative estimate of drug-likeness (QED) is 0.155. The normalized spacial score (nSPS) is 24.5. The van der Waals surface area contributed by atoms with E-state index in [2.05, 4.69) is 10.0 Å². The van der Waals surface area contributed by atoms with Crippen molar-refractivity contribution in [3.63, 3.8) is 0 Å². The van der Waals surface area contributed by atoms with E-state index in [9.17, 15) is 24.7 Å². The molecule has 216 valence electrons. The van der Waals surface area contributed by atoms with Crippen LogP contribution in [0.1, 0.15) is 83.1 Å². The van der Waals surface area contributed by atoms with Crippen LogP contribution in [0.25, 0.3) is 10.4 Å². The van der Waals surface area contributed by atoms with Gasteiger partial charge in [0.2, 0.25) is 0 Å². The summed E-state index contributed by atoms with van der Waals surface area (Å²) in [6.45, 7) is 19.2. The van der Waals surface area contributed by atoms with E-state index in [0.717, 1.165) is 0 Å². The number of esters is 4. The minimum absolute atomic E-state index is 0.418. The number of hydrogen-bond acceptors (Lipinski definition) is 10. The van der Waals surface area contributed by atoms with Crippen LogP contribution in [0.3, 0.4) is 0 Å². The Kier molecular flexibility index (Phi) is 10.4. The Balaban J connectivity index is 3.67. The first-order valence-corrected chi connectivity index (χ1v) is 12.5. The molecule has 0 N–H and O–H groups in total. The number of rotatable bonds is 6. The maximum Gasteiger partial charge on any atom is 0.311 e. The van der Waals surface area contributed by atoms with E-state index in [1.807, 2.05) is 0 Å². The van der Waals surface area contributed by atoms with E-state index < -0.39 is 82.8 Å². The zero-order chi connectivity index (χ0) is 29.9. The summed E-state index contributed by atoms with van der Waals surface area (Å²) in [5, 5.41) is 3.62. The smallest absolute Gasteiger partial charge is 0.311 e. The van der Waals surface area contributed by atoms with E-state index in [-0.39, 0.29) is 0 Å².